The van der Waals surface area contributed by atoms with Crippen LogP contribution < -0.4 is 10.6 Å². The summed E-state index contributed by atoms with van der Waals surface area (Å²) < 4.78 is 35.3. The first-order valence-electron chi connectivity index (χ1n) is 4.69. The Labute approximate surface area is 96.9 Å². The maximum Gasteiger partial charge on any atom is 0.441 e. The van der Waals surface area contributed by atoms with Crippen LogP contribution >= 0.6 is 11.8 Å². The van der Waals surface area contributed by atoms with Crippen LogP contribution in [0.25, 0.3) is 0 Å². The molecule has 1 unspecified atom stereocenters. The van der Waals surface area contributed by atoms with E-state index in [0.717, 1.165) is 0 Å². The molecule has 1 amide bonds. The first-order chi connectivity index (χ1) is 7.37. The molecule has 0 aliphatic carbocycles. The fourth-order valence-electron chi connectivity index (χ4n) is 0.861. The number of hydrogen-bond donors (Lipinski definition) is 2. The minimum atomic E-state index is -4.21. The Morgan fingerprint density at radius 2 is 2.19 bits per heavy atom. The van der Waals surface area contributed by atoms with Crippen LogP contribution in [0, 0.1) is 0 Å². The Morgan fingerprint density at radius 1 is 1.56 bits per heavy atom. The maximum atomic E-state index is 11.8. The number of carbonyl (C=O) groups excluding carboxylic acids is 1. The number of nitrogens with one attached hydrogen (secondary N) is 2. The van der Waals surface area contributed by atoms with Crippen molar-refractivity contribution in [2.24, 2.45) is 0 Å². The predicted octanol–water partition coefficient (Wildman–Crippen LogP) is 1.52. The monoisotopic (exact) mass is 256 g/mol. The molecular formula is C9H15F3N2OS. The van der Waals surface area contributed by atoms with Gasteiger partial charge in [0.15, 0.2) is 0 Å². The molecular weight excluding hydrogens is 241 g/mol. The molecule has 0 radical (unpaired) electrons. The number of halogens is 3. The molecule has 0 aromatic heterocycles. The maximum absolute atomic E-state index is 11.8. The number of thioether (sulfide) groups is 1. The highest BCUT2D eigenvalue weighted by Crippen LogP contribution is 2.29. The lowest BCUT2D eigenvalue weighted by Gasteiger charge is -2.13. The smallest absolute Gasteiger partial charge is 0.351 e. The van der Waals surface area contributed by atoms with E-state index in [1.165, 1.54) is 6.08 Å². The zero-order valence-corrected chi connectivity index (χ0v) is 9.75. The lowest BCUT2D eigenvalue weighted by molar-refractivity contribution is -0.122. The van der Waals surface area contributed by atoms with E-state index in [2.05, 4.69) is 17.2 Å². The number of rotatable bonds is 7. The van der Waals surface area contributed by atoms with E-state index in [0.29, 0.717) is 6.54 Å². The largest absolute Gasteiger partial charge is 0.441 e. The molecule has 0 heterocycles. The zero-order valence-electron chi connectivity index (χ0n) is 8.93. The Morgan fingerprint density at radius 3 is 2.69 bits per heavy atom. The van der Waals surface area contributed by atoms with Gasteiger partial charge in [-0.15, -0.1) is 6.58 Å². The van der Waals surface area contributed by atoms with Gasteiger partial charge < -0.3 is 10.6 Å². The Bertz CT molecular complexity index is 233. The molecule has 0 saturated heterocycles. The molecule has 7 heteroatoms. The molecule has 94 valence electrons. The summed E-state index contributed by atoms with van der Waals surface area (Å²) >= 11 is -0.105. The SMILES string of the molecule is C=CCNC(=O)C(C)NCCSC(F)(F)F. The molecule has 0 spiro atoms. The first kappa shape index (κ1) is 15.3. The second kappa shape index (κ2) is 7.56. The summed E-state index contributed by atoms with van der Waals surface area (Å²) in [4.78, 5) is 11.2. The van der Waals surface area contributed by atoms with Gasteiger partial charge in [0, 0.05) is 18.8 Å². The summed E-state index contributed by atoms with van der Waals surface area (Å²) in [6, 6.07) is -0.506. The van der Waals surface area contributed by atoms with Gasteiger partial charge in [0.1, 0.15) is 0 Å². The molecule has 0 saturated carbocycles. The fraction of sp³-hybridized carbons (Fsp3) is 0.667. The van der Waals surface area contributed by atoms with Crippen LogP contribution in [0.2, 0.25) is 0 Å². The lowest BCUT2D eigenvalue weighted by Crippen LogP contribution is -2.43. The van der Waals surface area contributed by atoms with Crippen molar-refractivity contribution in [3.63, 3.8) is 0 Å². The molecule has 0 aromatic carbocycles. The van der Waals surface area contributed by atoms with Gasteiger partial charge in [0.05, 0.1) is 6.04 Å². The summed E-state index contributed by atoms with van der Waals surface area (Å²) in [7, 11) is 0. The van der Waals surface area contributed by atoms with Crippen molar-refractivity contribution in [3.8, 4) is 0 Å². The Kier molecular flexibility index (Phi) is 7.24. The van der Waals surface area contributed by atoms with Crippen LogP contribution in [0.15, 0.2) is 12.7 Å². The molecule has 0 aliphatic rings. The standard InChI is InChI=1S/C9H15F3N2OS/c1-3-4-14-8(15)7(2)13-5-6-16-9(10,11)12/h3,7,13H,1,4-6H2,2H3,(H,14,15). The minimum Gasteiger partial charge on any atom is -0.351 e. The van der Waals surface area contributed by atoms with Crippen molar-refractivity contribution in [1.29, 1.82) is 0 Å². The predicted molar refractivity (Wildman–Crippen MR) is 59.2 cm³/mol. The van der Waals surface area contributed by atoms with Crippen LogP contribution in [0.4, 0.5) is 13.2 Å². The highest BCUT2D eigenvalue weighted by atomic mass is 32.2. The van der Waals surface area contributed by atoms with E-state index in [9.17, 15) is 18.0 Å². The number of carbonyl (C=O) groups is 1. The lowest BCUT2D eigenvalue weighted by atomic mass is 10.3. The van der Waals surface area contributed by atoms with Crippen molar-refractivity contribution in [2.45, 2.75) is 18.5 Å². The average molecular weight is 256 g/mol. The molecule has 2 N–H and O–H groups in total. The summed E-state index contributed by atoms with van der Waals surface area (Å²) in [6.07, 6.45) is 1.53. The van der Waals surface area contributed by atoms with Gasteiger partial charge in [-0.3, -0.25) is 4.79 Å². The van der Waals surface area contributed by atoms with Crippen molar-refractivity contribution in [1.82, 2.24) is 10.6 Å². The van der Waals surface area contributed by atoms with Gasteiger partial charge in [-0.2, -0.15) is 13.2 Å². The summed E-state index contributed by atoms with van der Waals surface area (Å²) in [5.74, 6) is -0.361. The van der Waals surface area contributed by atoms with E-state index < -0.39 is 11.6 Å². The van der Waals surface area contributed by atoms with Gasteiger partial charge in [-0.05, 0) is 18.7 Å². The highest BCUT2D eigenvalue weighted by Gasteiger charge is 2.27. The minimum absolute atomic E-state index is 0.105. The van der Waals surface area contributed by atoms with Crippen LogP contribution in [-0.2, 0) is 4.79 Å². The van der Waals surface area contributed by atoms with Gasteiger partial charge in [-0.1, -0.05) is 6.08 Å². The Balaban J connectivity index is 3.60. The molecule has 0 aliphatic heterocycles. The van der Waals surface area contributed by atoms with E-state index >= 15 is 0 Å². The van der Waals surface area contributed by atoms with Gasteiger partial charge in [-0.25, -0.2) is 0 Å². The molecule has 0 bridgehead atoms. The van der Waals surface area contributed by atoms with Gasteiger partial charge >= 0.3 is 5.51 Å². The fourth-order valence-corrected chi connectivity index (χ4v) is 1.31. The molecule has 0 rings (SSSR count). The summed E-state index contributed by atoms with van der Waals surface area (Å²) in [5.41, 5.74) is -4.21. The van der Waals surface area contributed by atoms with Gasteiger partial charge in [0.25, 0.3) is 0 Å². The van der Waals surface area contributed by atoms with Gasteiger partial charge in [0.2, 0.25) is 5.91 Å². The third kappa shape index (κ3) is 8.60. The summed E-state index contributed by atoms with van der Waals surface area (Å²) in [5, 5.41) is 5.24. The van der Waals surface area contributed by atoms with E-state index in [1.54, 1.807) is 6.92 Å². The van der Waals surface area contributed by atoms with Crippen molar-refractivity contribution < 1.29 is 18.0 Å². The van der Waals surface area contributed by atoms with Crippen molar-refractivity contribution in [2.75, 3.05) is 18.8 Å². The summed E-state index contributed by atoms with van der Waals surface area (Å²) in [6.45, 7) is 5.51. The van der Waals surface area contributed by atoms with E-state index in [-0.39, 0.29) is 30.0 Å². The molecule has 16 heavy (non-hydrogen) atoms. The van der Waals surface area contributed by atoms with Crippen LogP contribution in [0.5, 0.6) is 0 Å². The molecule has 3 nitrogen and oxygen atoms in total. The van der Waals surface area contributed by atoms with Crippen LogP contribution in [0.3, 0.4) is 0 Å². The quantitative estimate of drug-likeness (QED) is 0.536. The first-order valence-corrected chi connectivity index (χ1v) is 5.68. The zero-order chi connectivity index (χ0) is 12.6. The number of amides is 1. The number of alkyl halides is 3. The average Bonchev–Trinajstić information content (AvgIpc) is 2.19. The molecule has 1 atom stereocenters. The Hall–Kier alpha value is -0.690. The van der Waals surface area contributed by atoms with Crippen molar-refractivity contribution >= 4 is 17.7 Å². The van der Waals surface area contributed by atoms with Crippen LogP contribution in [-0.4, -0.2) is 36.3 Å². The normalized spacial score (nSPS) is 13.2. The topological polar surface area (TPSA) is 41.1 Å². The van der Waals surface area contributed by atoms with E-state index in [1.807, 2.05) is 0 Å². The molecule has 0 aromatic rings. The second-order valence-electron chi connectivity index (χ2n) is 3.00. The highest BCUT2D eigenvalue weighted by molar-refractivity contribution is 8.00. The molecule has 0 fully saturated rings. The van der Waals surface area contributed by atoms with Crippen molar-refractivity contribution in [3.05, 3.63) is 12.7 Å². The third-order valence-electron chi connectivity index (χ3n) is 1.63. The second-order valence-corrected chi connectivity index (χ2v) is 4.16. The third-order valence-corrected chi connectivity index (χ3v) is 2.37. The van der Waals surface area contributed by atoms with Crippen LogP contribution in [0.1, 0.15) is 6.92 Å². The van der Waals surface area contributed by atoms with E-state index in [4.69, 9.17) is 0 Å². The number of hydrogen-bond acceptors (Lipinski definition) is 3.